The van der Waals surface area contributed by atoms with Crippen molar-refractivity contribution in [3.05, 3.63) is 30.1 Å². The van der Waals surface area contributed by atoms with Gasteiger partial charge >= 0.3 is 0 Å². The third-order valence-corrected chi connectivity index (χ3v) is 2.11. The van der Waals surface area contributed by atoms with Crippen LogP contribution in [0.2, 0.25) is 0 Å². The SMILES string of the molecule is [2H]c1ccc2c(c1)nc(C)n2CCO. The highest BCUT2D eigenvalue weighted by atomic mass is 16.3. The van der Waals surface area contributed by atoms with Gasteiger partial charge in [-0.05, 0) is 19.1 Å². The van der Waals surface area contributed by atoms with Gasteiger partial charge in [-0.3, -0.25) is 0 Å². The van der Waals surface area contributed by atoms with Crippen molar-refractivity contribution in [2.45, 2.75) is 13.5 Å². The van der Waals surface area contributed by atoms with Crippen LogP contribution in [-0.2, 0) is 6.54 Å². The van der Waals surface area contributed by atoms with Crippen molar-refractivity contribution in [3.63, 3.8) is 0 Å². The van der Waals surface area contributed by atoms with Gasteiger partial charge in [0.05, 0.1) is 19.0 Å². The third kappa shape index (κ3) is 1.31. The number of benzene rings is 1. The fourth-order valence-corrected chi connectivity index (χ4v) is 1.52. The molecule has 3 nitrogen and oxygen atoms in total. The normalized spacial score (nSPS) is 12.0. The molecule has 0 atom stereocenters. The van der Waals surface area contributed by atoms with Gasteiger partial charge in [0.25, 0.3) is 0 Å². The smallest absolute Gasteiger partial charge is 0.106 e. The summed E-state index contributed by atoms with van der Waals surface area (Å²) in [7, 11) is 0. The summed E-state index contributed by atoms with van der Waals surface area (Å²) in [6.45, 7) is 2.56. The van der Waals surface area contributed by atoms with Gasteiger partial charge < -0.3 is 9.67 Å². The van der Waals surface area contributed by atoms with E-state index in [-0.39, 0.29) is 6.61 Å². The van der Waals surface area contributed by atoms with E-state index >= 15 is 0 Å². The quantitative estimate of drug-likeness (QED) is 0.751. The Bertz CT molecular complexity index is 464. The highest BCUT2D eigenvalue weighted by molar-refractivity contribution is 5.75. The Kier molecular flexibility index (Phi) is 1.74. The average molecular weight is 177 g/mol. The first kappa shape index (κ1) is 7.09. The molecule has 2 aromatic rings. The highest BCUT2D eigenvalue weighted by Crippen LogP contribution is 2.14. The molecule has 68 valence electrons. The molecule has 2 rings (SSSR count). The number of aromatic nitrogens is 2. The summed E-state index contributed by atoms with van der Waals surface area (Å²) in [4.78, 5) is 4.32. The number of fused-ring (bicyclic) bond motifs is 1. The summed E-state index contributed by atoms with van der Waals surface area (Å²) in [6, 6.07) is 5.80. The number of hydrogen-bond donors (Lipinski definition) is 1. The summed E-state index contributed by atoms with van der Waals surface area (Å²) >= 11 is 0. The van der Waals surface area contributed by atoms with Crippen molar-refractivity contribution in [1.82, 2.24) is 9.55 Å². The van der Waals surface area contributed by atoms with Crippen LogP contribution in [0.5, 0.6) is 0 Å². The van der Waals surface area contributed by atoms with Gasteiger partial charge in [-0.25, -0.2) is 4.98 Å². The zero-order valence-electron chi connectivity index (χ0n) is 8.49. The van der Waals surface area contributed by atoms with Crippen molar-refractivity contribution in [1.29, 1.82) is 0 Å². The van der Waals surface area contributed by atoms with E-state index in [0.29, 0.717) is 12.6 Å². The number of para-hydroxylation sites is 2. The fourth-order valence-electron chi connectivity index (χ4n) is 1.52. The molecule has 0 bridgehead atoms. The monoisotopic (exact) mass is 177 g/mol. The first-order valence-corrected chi connectivity index (χ1v) is 4.26. The number of imidazole rings is 1. The fraction of sp³-hybridized carbons (Fsp3) is 0.300. The van der Waals surface area contributed by atoms with Crippen LogP contribution in [0, 0.1) is 6.92 Å². The first-order valence-electron chi connectivity index (χ1n) is 4.76. The number of nitrogens with zero attached hydrogens (tertiary/aromatic N) is 2. The molecule has 0 aliphatic carbocycles. The van der Waals surface area contributed by atoms with Crippen molar-refractivity contribution in [3.8, 4) is 0 Å². The molecule has 1 heterocycles. The molecule has 0 amide bonds. The molecule has 0 aliphatic heterocycles. The Morgan fingerprint density at radius 1 is 1.62 bits per heavy atom. The van der Waals surface area contributed by atoms with Gasteiger partial charge in [0, 0.05) is 6.54 Å². The molecule has 1 aromatic carbocycles. The molecule has 1 aromatic heterocycles. The second-order valence-electron chi connectivity index (χ2n) is 2.95. The minimum atomic E-state index is 0.106. The van der Waals surface area contributed by atoms with Crippen molar-refractivity contribution in [2.75, 3.05) is 6.61 Å². The van der Waals surface area contributed by atoms with Crippen molar-refractivity contribution >= 4 is 11.0 Å². The molecule has 13 heavy (non-hydrogen) atoms. The minimum absolute atomic E-state index is 0.106. The molecule has 1 N–H and O–H groups in total. The standard InChI is InChI=1S/C10H12N2O/c1-8-11-9-4-2-3-5-10(9)12(8)6-7-13/h2-5,13H,6-7H2,1H3/i2D. The third-order valence-electron chi connectivity index (χ3n) is 2.11. The molecule has 0 radical (unpaired) electrons. The van der Waals surface area contributed by atoms with Crippen LogP contribution in [0.3, 0.4) is 0 Å². The van der Waals surface area contributed by atoms with Crippen LogP contribution in [0.15, 0.2) is 24.2 Å². The maximum atomic E-state index is 8.89. The summed E-state index contributed by atoms with van der Waals surface area (Å²) in [5.74, 6) is 0.875. The number of aliphatic hydroxyl groups excluding tert-OH is 1. The number of rotatable bonds is 2. The Balaban J connectivity index is 2.64. The molecule has 0 fully saturated rings. The van der Waals surface area contributed by atoms with Gasteiger partial charge in [0.15, 0.2) is 0 Å². The van der Waals surface area contributed by atoms with Crippen LogP contribution in [0.25, 0.3) is 11.0 Å². The van der Waals surface area contributed by atoms with E-state index in [2.05, 4.69) is 4.98 Å². The lowest BCUT2D eigenvalue weighted by Crippen LogP contribution is -2.03. The summed E-state index contributed by atoms with van der Waals surface area (Å²) in [5.41, 5.74) is 1.80. The molecular weight excluding hydrogens is 164 g/mol. The lowest BCUT2D eigenvalue weighted by molar-refractivity contribution is 0.276. The van der Waals surface area contributed by atoms with Crippen molar-refractivity contribution in [2.24, 2.45) is 0 Å². The Hall–Kier alpha value is -1.35. The van der Waals surface area contributed by atoms with Gasteiger partial charge in [-0.15, -0.1) is 0 Å². The largest absolute Gasteiger partial charge is 0.395 e. The summed E-state index contributed by atoms with van der Waals surface area (Å²) < 4.78 is 9.41. The molecule has 0 unspecified atom stereocenters. The molecule has 0 saturated carbocycles. The van der Waals surface area contributed by atoms with Gasteiger partial charge in [0.2, 0.25) is 0 Å². The van der Waals surface area contributed by atoms with E-state index < -0.39 is 0 Å². The Morgan fingerprint density at radius 3 is 3.23 bits per heavy atom. The van der Waals surface area contributed by atoms with Crippen LogP contribution in [0.4, 0.5) is 0 Å². The lowest BCUT2D eigenvalue weighted by atomic mass is 10.3. The second-order valence-corrected chi connectivity index (χ2v) is 2.95. The van der Waals surface area contributed by atoms with Gasteiger partial charge in [0.1, 0.15) is 5.82 Å². The average Bonchev–Trinajstić information content (AvgIpc) is 2.43. The summed E-state index contributed by atoms with van der Waals surface area (Å²) in [5, 5.41) is 8.89. The summed E-state index contributed by atoms with van der Waals surface area (Å²) in [6.07, 6.45) is 0. The van der Waals surface area contributed by atoms with Crippen LogP contribution < -0.4 is 0 Å². The molecule has 3 heteroatoms. The second kappa shape index (κ2) is 3.18. The Labute approximate surface area is 78.0 Å². The first-order chi connectivity index (χ1) is 6.72. The molecular formula is C10H12N2O. The van der Waals surface area contributed by atoms with E-state index in [1.54, 1.807) is 12.1 Å². The number of aliphatic hydroxyl groups is 1. The van der Waals surface area contributed by atoms with Gasteiger partial charge in [-0.1, -0.05) is 12.1 Å². The maximum Gasteiger partial charge on any atom is 0.106 e. The zero-order chi connectivity index (χ0) is 10.1. The lowest BCUT2D eigenvalue weighted by Gasteiger charge is -2.02. The van der Waals surface area contributed by atoms with Crippen LogP contribution in [0.1, 0.15) is 7.20 Å². The van der Waals surface area contributed by atoms with E-state index in [9.17, 15) is 0 Å². The topological polar surface area (TPSA) is 38.0 Å². The van der Waals surface area contributed by atoms with Crippen LogP contribution in [-0.4, -0.2) is 21.3 Å². The molecule has 0 saturated heterocycles. The van der Waals surface area contributed by atoms with Crippen LogP contribution >= 0.6 is 0 Å². The number of hydrogen-bond acceptors (Lipinski definition) is 2. The maximum absolute atomic E-state index is 8.89. The van der Waals surface area contributed by atoms with Gasteiger partial charge in [-0.2, -0.15) is 0 Å². The zero-order valence-corrected chi connectivity index (χ0v) is 7.49. The van der Waals surface area contributed by atoms with E-state index in [1.807, 2.05) is 17.6 Å². The molecule has 0 aliphatic rings. The highest BCUT2D eigenvalue weighted by Gasteiger charge is 2.04. The predicted octanol–water partition coefficient (Wildman–Crippen LogP) is 1.34. The Morgan fingerprint density at radius 2 is 2.46 bits per heavy atom. The molecule has 0 spiro atoms. The minimum Gasteiger partial charge on any atom is -0.395 e. The number of aryl methyl sites for hydroxylation is 1. The van der Waals surface area contributed by atoms with E-state index in [1.165, 1.54) is 0 Å². The van der Waals surface area contributed by atoms with E-state index in [0.717, 1.165) is 16.9 Å². The van der Waals surface area contributed by atoms with Crippen molar-refractivity contribution < 1.29 is 6.48 Å². The van der Waals surface area contributed by atoms with E-state index in [4.69, 9.17) is 6.48 Å². The predicted molar refractivity (Wildman–Crippen MR) is 51.6 cm³/mol.